The highest BCUT2D eigenvalue weighted by molar-refractivity contribution is 5.76. The van der Waals surface area contributed by atoms with Crippen LogP contribution in [0.1, 0.15) is 32.6 Å². The van der Waals surface area contributed by atoms with Crippen LogP contribution in [0.2, 0.25) is 0 Å². The van der Waals surface area contributed by atoms with Gasteiger partial charge in [-0.1, -0.05) is 0 Å². The molecule has 0 aromatic carbocycles. The molecule has 2 atom stereocenters. The monoisotopic (exact) mass is 240 g/mol. The Morgan fingerprint density at radius 1 is 1.53 bits per heavy atom. The van der Waals surface area contributed by atoms with Crippen molar-refractivity contribution in [2.75, 3.05) is 32.8 Å². The Morgan fingerprint density at radius 2 is 2.41 bits per heavy atom. The fourth-order valence-electron chi connectivity index (χ4n) is 2.67. The van der Waals surface area contributed by atoms with Gasteiger partial charge in [-0.05, 0) is 45.2 Å². The molecule has 0 aromatic heterocycles. The van der Waals surface area contributed by atoms with Crippen LogP contribution >= 0.6 is 0 Å². The van der Waals surface area contributed by atoms with E-state index >= 15 is 0 Å². The van der Waals surface area contributed by atoms with Crippen LogP contribution in [0.25, 0.3) is 0 Å². The molecule has 0 spiro atoms. The van der Waals surface area contributed by atoms with Gasteiger partial charge in [0.05, 0.1) is 6.10 Å². The van der Waals surface area contributed by atoms with Crippen molar-refractivity contribution < 1.29 is 9.53 Å². The van der Waals surface area contributed by atoms with E-state index in [9.17, 15) is 4.79 Å². The SMILES string of the molecule is CC1CN(C(=O)CCC2CCNC2)CCCO1. The summed E-state index contributed by atoms with van der Waals surface area (Å²) in [6.07, 6.45) is 4.14. The van der Waals surface area contributed by atoms with Crippen molar-refractivity contribution in [1.29, 1.82) is 0 Å². The van der Waals surface area contributed by atoms with E-state index in [0.29, 0.717) is 18.2 Å². The molecule has 4 heteroatoms. The summed E-state index contributed by atoms with van der Waals surface area (Å²) in [6, 6.07) is 0. The highest BCUT2D eigenvalue weighted by Gasteiger charge is 2.21. The average molecular weight is 240 g/mol. The van der Waals surface area contributed by atoms with Gasteiger partial charge in [0.25, 0.3) is 0 Å². The molecule has 4 nitrogen and oxygen atoms in total. The number of carbonyl (C=O) groups is 1. The minimum atomic E-state index is 0.189. The third kappa shape index (κ3) is 3.96. The topological polar surface area (TPSA) is 41.6 Å². The minimum Gasteiger partial charge on any atom is -0.377 e. The first-order valence-corrected chi connectivity index (χ1v) is 6.86. The van der Waals surface area contributed by atoms with Crippen LogP contribution in [-0.4, -0.2) is 49.7 Å². The third-order valence-electron chi connectivity index (χ3n) is 3.73. The Balaban J connectivity index is 1.73. The van der Waals surface area contributed by atoms with Crippen LogP contribution < -0.4 is 5.32 Å². The molecule has 2 fully saturated rings. The van der Waals surface area contributed by atoms with Gasteiger partial charge in [0.1, 0.15) is 0 Å². The van der Waals surface area contributed by atoms with Crippen LogP contribution in [0.4, 0.5) is 0 Å². The number of ether oxygens (including phenoxy) is 1. The van der Waals surface area contributed by atoms with Gasteiger partial charge in [0.2, 0.25) is 5.91 Å². The van der Waals surface area contributed by atoms with E-state index in [1.165, 1.54) is 6.42 Å². The molecule has 0 aliphatic carbocycles. The second-order valence-electron chi connectivity index (χ2n) is 5.27. The molecule has 2 aliphatic heterocycles. The molecular weight excluding hydrogens is 216 g/mol. The molecule has 2 unspecified atom stereocenters. The molecule has 1 N–H and O–H groups in total. The van der Waals surface area contributed by atoms with E-state index in [1.54, 1.807) is 0 Å². The van der Waals surface area contributed by atoms with Crippen molar-refractivity contribution in [1.82, 2.24) is 10.2 Å². The summed E-state index contributed by atoms with van der Waals surface area (Å²) >= 11 is 0. The van der Waals surface area contributed by atoms with Crippen molar-refractivity contribution in [2.24, 2.45) is 5.92 Å². The van der Waals surface area contributed by atoms with Crippen LogP contribution in [0.15, 0.2) is 0 Å². The molecule has 0 saturated carbocycles. The van der Waals surface area contributed by atoms with Crippen LogP contribution in [0, 0.1) is 5.92 Å². The molecule has 2 saturated heterocycles. The maximum atomic E-state index is 12.1. The van der Waals surface area contributed by atoms with Crippen LogP contribution in [0.5, 0.6) is 0 Å². The highest BCUT2D eigenvalue weighted by atomic mass is 16.5. The number of rotatable bonds is 3. The second kappa shape index (κ2) is 6.36. The Kier molecular flexibility index (Phi) is 4.80. The molecule has 2 rings (SSSR count). The van der Waals surface area contributed by atoms with Gasteiger partial charge in [-0.15, -0.1) is 0 Å². The predicted molar refractivity (Wildman–Crippen MR) is 66.8 cm³/mol. The van der Waals surface area contributed by atoms with Gasteiger partial charge in [-0.2, -0.15) is 0 Å². The van der Waals surface area contributed by atoms with Crippen molar-refractivity contribution >= 4 is 5.91 Å². The van der Waals surface area contributed by atoms with Crippen LogP contribution in [0.3, 0.4) is 0 Å². The largest absolute Gasteiger partial charge is 0.377 e. The van der Waals surface area contributed by atoms with Gasteiger partial charge >= 0.3 is 0 Å². The van der Waals surface area contributed by atoms with Gasteiger partial charge < -0.3 is 15.0 Å². The van der Waals surface area contributed by atoms with E-state index in [-0.39, 0.29) is 6.10 Å². The standard InChI is InChI=1S/C13H24N2O2/c1-11-10-15(7-2-8-17-11)13(16)4-3-12-5-6-14-9-12/h11-12,14H,2-10H2,1H3. The van der Waals surface area contributed by atoms with E-state index in [1.807, 2.05) is 11.8 Å². The number of carbonyl (C=O) groups excluding carboxylic acids is 1. The molecule has 98 valence electrons. The highest BCUT2D eigenvalue weighted by Crippen LogP contribution is 2.16. The molecule has 0 aromatic rings. The lowest BCUT2D eigenvalue weighted by atomic mass is 10.0. The minimum absolute atomic E-state index is 0.189. The van der Waals surface area contributed by atoms with E-state index in [2.05, 4.69) is 5.32 Å². The normalized spacial score (nSPS) is 30.3. The average Bonchev–Trinajstić information content (AvgIpc) is 2.74. The summed E-state index contributed by atoms with van der Waals surface area (Å²) in [4.78, 5) is 14.1. The Morgan fingerprint density at radius 3 is 3.18 bits per heavy atom. The smallest absolute Gasteiger partial charge is 0.222 e. The summed E-state index contributed by atoms with van der Waals surface area (Å²) in [5.74, 6) is 1.02. The van der Waals surface area contributed by atoms with Gasteiger partial charge in [-0.25, -0.2) is 0 Å². The zero-order valence-electron chi connectivity index (χ0n) is 10.8. The summed E-state index contributed by atoms with van der Waals surface area (Å²) < 4.78 is 5.56. The molecule has 2 aliphatic rings. The van der Waals surface area contributed by atoms with Crippen molar-refractivity contribution in [3.8, 4) is 0 Å². The van der Waals surface area contributed by atoms with E-state index < -0.39 is 0 Å². The first-order valence-electron chi connectivity index (χ1n) is 6.86. The number of amides is 1. The summed E-state index contributed by atoms with van der Waals surface area (Å²) in [5.41, 5.74) is 0. The zero-order valence-corrected chi connectivity index (χ0v) is 10.8. The molecule has 1 amide bonds. The first-order chi connectivity index (χ1) is 8.25. The van der Waals surface area contributed by atoms with E-state index in [0.717, 1.165) is 45.6 Å². The van der Waals surface area contributed by atoms with Crippen molar-refractivity contribution in [3.63, 3.8) is 0 Å². The number of nitrogens with zero attached hydrogens (tertiary/aromatic N) is 1. The molecular formula is C13H24N2O2. The lowest BCUT2D eigenvalue weighted by Crippen LogP contribution is -2.36. The Labute approximate surface area is 104 Å². The van der Waals surface area contributed by atoms with Gasteiger partial charge in [-0.3, -0.25) is 4.79 Å². The molecule has 0 bridgehead atoms. The number of hydrogen-bond donors (Lipinski definition) is 1. The maximum absolute atomic E-state index is 12.1. The summed E-state index contributed by atoms with van der Waals surface area (Å²) in [6.45, 7) is 6.68. The second-order valence-corrected chi connectivity index (χ2v) is 5.27. The number of hydrogen-bond acceptors (Lipinski definition) is 3. The van der Waals surface area contributed by atoms with Crippen molar-refractivity contribution in [3.05, 3.63) is 0 Å². The summed E-state index contributed by atoms with van der Waals surface area (Å²) in [5, 5.41) is 3.35. The fourth-order valence-corrected chi connectivity index (χ4v) is 2.67. The third-order valence-corrected chi connectivity index (χ3v) is 3.73. The van der Waals surface area contributed by atoms with Crippen molar-refractivity contribution in [2.45, 2.75) is 38.7 Å². The maximum Gasteiger partial charge on any atom is 0.222 e. The Hall–Kier alpha value is -0.610. The summed E-state index contributed by atoms with van der Waals surface area (Å²) in [7, 11) is 0. The first kappa shape index (κ1) is 12.8. The zero-order chi connectivity index (χ0) is 12.1. The number of nitrogens with one attached hydrogen (secondary N) is 1. The molecule has 2 heterocycles. The van der Waals surface area contributed by atoms with E-state index in [4.69, 9.17) is 4.74 Å². The van der Waals surface area contributed by atoms with Gasteiger partial charge in [0, 0.05) is 26.1 Å². The lowest BCUT2D eigenvalue weighted by molar-refractivity contribution is -0.132. The van der Waals surface area contributed by atoms with Gasteiger partial charge in [0.15, 0.2) is 0 Å². The van der Waals surface area contributed by atoms with Crippen LogP contribution in [-0.2, 0) is 9.53 Å². The fraction of sp³-hybridized carbons (Fsp3) is 0.923. The predicted octanol–water partition coefficient (Wildman–Crippen LogP) is 1.01. The molecule has 17 heavy (non-hydrogen) atoms. The lowest BCUT2D eigenvalue weighted by Gasteiger charge is -2.22. The quantitative estimate of drug-likeness (QED) is 0.800. The molecule has 0 radical (unpaired) electrons. The Bertz CT molecular complexity index is 252.